The van der Waals surface area contributed by atoms with Crippen molar-refractivity contribution in [3.63, 3.8) is 0 Å². The minimum atomic E-state index is -1.47. The van der Waals surface area contributed by atoms with Crippen molar-refractivity contribution >= 4 is 28.2 Å². The number of hydrogen-bond donors (Lipinski definition) is 3. The van der Waals surface area contributed by atoms with Crippen LogP contribution in [0.2, 0.25) is 0 Å². The molecule has 1 aliphatic rings. The maximum Gasteiger partial charge on any atom is 0.434 e. The highest BCUT2D eigenvalue weighted by Crippen LogP contribution is 2.38. The van der Waals surface area contributed by atoms with Crippen LogP contribution >= 0.6 is 11.3 Å². The maximum atomic E-state index is 12.2. The van der Waals surface area contributed by atoms with E-state index in [0.29, 0.717) is 10.6 Å². The molecular formula is C18H20N8O8S. The average Bonchev–Trinajstić information content (AvgIpc) is 3.49. The number of nitrogen functional groups attached to an aromatic ring is 1. The van der Waals surface area contributed by atoms with Crippen LogP contribution in [0.3, 0.4) is 0 Å². The van der Waals surface area contributed by atoms with Gasteiger partial charge in [0, 0.05) is 18.5 Å². The van der Waals surface area contributed by atoms with E-state index < -0.39 is 46.0 Å². The monoisotopic (exact) mass is 508 g/mol. The molecule has 186 valence electrons. The summed E-state index contributed by atoms with van der Waals surface area (Å²) < 4.78 is 8.10. The number of aliphatic hydroxyl groups excluding tert-OH is 2. The SMILES string of the molecule is Cn1c(CC(C[C@H]2O[C@@H](n3ccc(N)nc3=O)[C@@H](O)[C@H]2O)c2cnc([N+](=O)[O-])s2)cnc1[N+](=O)[O-]. The predicted molar refractivity (Wildman–Crippen MR) is 119 cm³/mol. The lowest BCUT2D eigenvalue weighted by Gasteiger charge is -2.20. The molecule has 1 fully saturated rings. The van der Waals surface area contributed by atoms with Gasteiger partial charge in [0.1, 0.15) is 29.9 Å². The molecular weight excluding hydrogens is 488 g/mol. The van der Waals surface area contributed by atoms with Crippen molar-refractivity contribution in [2.75, 3.05) is 5.73 Å². The van der Waals surface area contributed by atoms with Crippen LogP contribution in [-0.2, 0) is 18.2 Å². The molecule has 1 aliphatic heterocycles. The molecule has 35 heavy (non-hydrogen) atoms. The van der Waals surface area contributed by atoms with Crippen molar-refractivity contribution in [3.05, 3.63) is 65.9 Å². The van der Waals surface area contributed by atoms with E-state index in [4.69, 9.17) is 10.5 Å². The van der Waals surface area contributed by atoms with Crippen LogP contribution in [0.25, 0.3) is 0 Å². The third-order valence-corrected chi connectivity index (χ3v) is 6.84. The molecule has 0 aromatic carbocycles. The lowest BCUT2D eigenvalue weighted by molar-refractivity contribution is -0.396. The van der Waals surface area contributed by atoms with Crippen LogP contribution in [0.15, 0.2) is 29.5 Å². The second kappa shape index (κ2) is 9.45. The first kappa shape index (κ1) is 24.3. The first-order valence-corrected chi connectivity index (χ1v) is 11.0. The molecule has 3 aromatic heterocycles. The number of nitro groups is 2. The third-order valence-electron chi connectivity index (χ3n) is 5.73. The number of rotatable bonds is 8. The van der Waals surface area contributed by atoms with Crippen LogP contribution in [0, 0.1) is 20.2 Å². The number of anilines is 1. The summed E-state index contributed by atoms with van der Waals surface area (Å²) in [5.41, 5.74) is 5.18. The van der Waals surface area contributed by atoms with Gasteiger partial charge in [-0.05, 0) is 38.7 Å². The summed E-state index contributed by atoms with van der Waals surface area (Å²) >= 11 is 0.821. The Balaban J connectivity index is 1.62. The first-order valence-electron chi connectivity index (χ1n) is 10.2. The second-order valence-corrected chi connectivity index (χ2v) is 8.93. The summed E-state index contributed by atoms with van der Waals surface area (Å²) in [4.78, 5) is 44.9. The Morgan fingerprint density at radius 2 is 1.97 bits per heavy atom. The molecule has 4 N–H and O–H groups in total. The van der Waals surface area contributed by atoms with E-state index in [1.807, 2.05) is 0 Å². The highest BCUT2D eigenvalue weighted by Gasteiger charge is 2.45. The smallest absolute Gasteiger partial charge is 0.390 e. The molecule has 0 saturated carbocycles. The summed E-state index contributed by atoms with van der Waals surface area (Å²) in [5, 5.41) is 43.2. The van der Waals surface area contributed by atoms with Gasteiger partial charge < -0.3 is 40.9 Å². The van der Waals surface area contributed by atoms with Crippen LogP contribution in [0.5, 0.6) is 0 Å². The van der Waals surface area contributed by atoms with Gasteiger partial charge >= 0.3 is 16.8 Å². The number of hydrogen-bond acceptors (Lipinski definition) is 13. The van der Waals surface area contributed by atoms with Gasteiger partial charge in [-0.25, -0.2) is 9.36 Å². The zero-order valence-corrected chi connectivity index (χ0v) is 18.9. The van der Waals surface area contributed by atoms with Crippen LogP contribution in [0.1, 0.15) is 29.1 Å². The van der Waals surface area contributed by atoms with Gasteiger partial charge in [-0.3, -0.25) is 4.57 Å². The summed E-state index contributed by atoms with van der Waals surface area (Å²) in [5.74, 6) is -0.951. The molecule has 1 unspecified atom stereocenters. The van der Waals surface area contributed by atoms with Gasteiger partial charge in [-0.2, -0.15) is 4.98 Å². The van der Waals surface area contributed by atoms with Crippen molar-refractivity contribution < 1.29 is 24.8 Å². The number of thiazole rings is 1. The Morgan fingerprint density at radius 3 is 2.57 bits per heavy atom. The van der Waals surface area contributed by atoms with E-state index in [0.717, 1.165) is 15.9 Å². The molecule has 17 heteroatoms. The Morgan fingerprint density at radius 1 is 1.23 bits per heavy atom. The summed E-state index contributed by atoms with van der Waals surface area (Å²) in [7, 11) is 1.47. The fourth-order valence-electron chi connectivity index (χ4n) is 3.95. The molecule has 5 atom stereocenters. The number of nitrogens with two attached hydrogens (primary N) is 1. The van der Waals surface area contributed by atoms with Crippen LogP contribution in [0.4, 0.5) is 16.9 Å². The van der Waals surface area contributed by atoms with Crippen molar-refractivity contribution in [1.29, 1.82) is 0 Å². The van der Waals surface area contributed by atoms with E-state index >= 15 is 0 Å². The molecule has 0 aliphatic carbocycles. The van der Waals surface area contributed by atoms with Gasteiger partial charge in [0.2, 0.25) is 0 Å². The van der Waals surface area contributed by atoms with E-state index in [9.17, 15) is 35.2 Å². The topological polar surface area (TPSA) is 228 Å². The largest absolute Gasteiger partial charge is 0.434 e. The molecule has 0 bridgehead atoms. The Kier molecular flexibility index (Phi) is 6.57. The van der Waals surface area contributed by atoms with Crippen LogP contribution in [-0.4, -0.2) is 62.5 Å². The summed E-state index contributed by atoms with van der Waals surface area (Å²) in [6.45, 7) is 0. The van der Waals surface area contributed by atoms with E-state index in [1.165, 1.54) is 36.3 Å². The fourth-order valence-corrected chi connectivity index (χ4v) is 4.79. The first-order chi connectivity index (χ1) is 16.6. The third kappa shape index (κ3) is 4.74. The van der Waals surface area contributed by atoms with Crippen molar-refractivity contribution in [3.8, 4) is 0 Å². The average molecular weight is 508 g/mol. The van der Waals surface area contributed by atoms with Crippen molar-refractivity contribution in [2.45, 2.75) is 43.3 Å². The zero-order chi connectivity index (χ0) is 25.4. The maximum absolute atomic E-state index is 12.2. The second-order valence-electron chi connectivity index (χ2n) is 7.89. The number of aromatic nitrogens is 5. The Bertz CT molecular complexity index is 1320. The minimum Gasteiger partial charge on any atom is -0.390 e. The molecule has 16 nitrogen and oxygen atoms in total. The molecule has 0 spiro atoms. The highest BCUT2D eigenvalue weighted by molar-refractivity contribution is 7.14. The molecule has 4 rings (SSSR count). The lowest BCUT2D eigenvalue weighted by Crippen LogP contribution is -2.35. The standard InChI is InChI=1S/C18H20N8O8S/c1-23-9(6-20-16(23)25(30)31)4-8(11-7-21-18(35-11)26(32)33)5-10-13(27)14(28)15(34-10)24-3-2-12(19)22-17(24)29/h2-3,6-8,10,13-15,27-28H,4-5H2,1H3,(H2,19,22,29)/t8?,10-,13+,14+,15-/m1/s1. The van der Waals surface area contributed by atoms with Gasteiger partial charge in [0.15, 0.2) is 12.4 Å². The van der Waals surface area contributed by atoms with E-state index in [2.05, 4.69) is 15.0 Å². The van der Waals surface area contributed by atoms with E-state index in [-0.39, 0.29) is 29.7 Å². The lowest BCUT2D eigenvalue weighted by atomic mass is 9.92. The fraction of sp³-hybridized carbons (Fsp3) is 0.444. The van der Waals surface area contributed by atoms with E-state index in [1.54, 1.807) is 0 Å². The van der Waals surface area contributed by atoms with Gasteiger partial charge in [0.05, 0.1) is 18.0 Å². The minimum absolute atomic E-state index is 0.0204. The molecule has 0 amide bonds. The number of nitrogens with zero attached hydrogens (tertiary/aromatic N) is 7. The zero-order valence-electron chi connectivity index (χ0n) is 18.1. The molecule has 3 aromatic rings. The van der Waals surface area contributed by atoms with Gasteiger partial charge in [-0.1, -0.05) is 4.98 Å². The molecule has 1 saturated heterocycles. The highest BCUT2D eigenvalue weighted by atomic mass is 32.1. The number of ether oxygens (including phenoxy) is 1. The van der Waals surface area contributed by atoms with Gasteiger partial charge in [-0.15, -0.1) is 0 Å². The summed E-state index contributed by atoms with van der Waals surface area (Å²) in [6, 6.07) is 1.34. The van der Waals surface area contributed by atoms with Crippen molar-refractivity contribution in [2.24, 2.45) is 7.05 Å². The number of aliphatic hydroxyl groups is 2. The quantitative estimate of drug-likeness (QED) is 0.267. The molecule has 4 heterocycles. The van der Waals surface area contributed by atoms with Gasteiger partial charge in [0.25, 0.3) is 0 Å². The van der Waals surface area contributed by atoms with Crippen LogP contribution < -0.4 is 11.4 Å². The Hall–Kier alpha value is -3.80. The summed E-state index contributed by atoms with van der Waals surface area (Å²) in [6.07, 6.45) is -0.998. The Labute approximate surface area is 199 Å². The number of imidazole rings is 1. The molecule has 0 radical (unpaired) electrons. The van der Waals surface area contributed by atoms with Crippen molar-refractivity contribution in [1.82, 2.24) is 24.1 Å². The predicted octanol–water partition coefficient (Wildman–Crippen LogP) is -0.132. The normalized spacial score (nSPS) is 22.8.